The summed E-state index contributed by atoms with van der Waals surface area (Å²) in [6, 6.07) is 0. The highest BCUT2D eigenvalue weighted by molar-refractivity contribution is 7.85. The molecule has 0 saturated carbocycles. The Hall–Kier alpha value is -0.130. The molecule has 0 spiro atoms. The molecular weight excluding hydrogens is 192 g/mol. The summed E-state index contributed by atoms with van der Waals surface area (Å²) < 4.78 is 34.2. The van der Waals surface area contributed by atoms with E-state index in [1.54, 1.807) is 0 Å². The molecule has 1 N–H and O–H groups in total. The molecule has 80 valence electrons. The Morgan fingerprint density at radius 3 is 2.54 bits per heavy atom. The van der Waals surface area contributed by atoms with Gasteiger partial charge in [-0.25, -0.2) is 0 Å². The van der Waals surface area contributed by atoms with Gasteiger partial charge in [-0.3, -0.25) is 4.55 Å². The second-order valence-corrected chi connectivity index (χ2v) is 4.68. The van der Waals surface area contributed by atoms with Gasteiger partial charge < -0.3 is 4.74 Å². The first-order valence-electron chi connectivity index (χ1n) is 4.52. The summed E-state index contributed by atoms with van der Waals surface area (Å²) in [7, 11) is -3.87. The Balaban J connectivity index is 3.42. The topological polar surface area (TPSA) is 63.6 Å². The lowest BCUT2D eigenvalue weighted by molar-refractivity contribution is 0.0694. The minimum Gasteiger partial charge on any atom is -0.377 e. The van der Waals surface area contributed by atoms with Gasteiger partial charge in [0.25, 0.3) is 10.1 Å². The highest BCUT2D eigenvalue weighted by atomic mass is 32.2. The van der Waals surface area contributed by atoms with Gasteiger partial charge in [0.05, 0.1) is 18.5 Å². The Labute approximate surface area is 80.0 Å². The normalized spacial score (nSPS) is 14.4. The summed E-state index contributed by atoms with van der Waals surface area (Å²) in [4.78, 5) is 0. The average molecular weight is 210 g/mol. The molecule has 0 heterocycles. The van der Waals surface area contributed by atoms with Crippen LogP contribution in [0.5, 0.6) is 0 Å². The van der Waals surface area contributed by atoms with Crippen LogP contribution in [-0.2, 0) is 14.9 Å². The van der Waals surface area contributed by atoms with Gasteiger partial charge in [0.1, 0.15) is 0 Å². The van der Waals surface area contributed by atoms with Gasteiger partial charge in [0.15, 0.2) is 0 Å². The van der Waals surface area contributed by atoms with Crippen molar-refractivity contribution in [3.8, 4) is 0 Å². The first kappa shape index (κ1) is 12.9. The number of rotatable bonds is 7. The lowest BCUT2D eigenvalue weighted by atomic mass is 10.2. The number of hydrogen-bond acceptors (Lipinski definition) is 3. The second kappa shape index (κ2) is 6.34. The average Bonchev–Trinajstić information content (AvgIpc) is 1.98. The monoisotopic (exact) mass is 210 g/mol. The van der Waals surface area contributed by atoms with Crippen molar-refractivity contribution in [2.75, 3.05) is 12.4 Å². The van der Waals surface area contributed by atoms with Gasteiger partial charge in [-0.2, -0.15) is 8.42 Å². The molecule has 0 aromatic rings. The van der Waals surface area contributed by atoms with Crippen molar-refractivity contribution >= 4 is 10.1 Å². The molecule has 0 saturated heterocycles. The highest BCUT2D eigenvalue weighted by Crippen LogP contribution is 2.03. The molecule has 0 aliphatic rings. The van der Waals surface area contributed by atoms with E-state index in [1.165, 1.54) is 0 Å². The van der Waals surface area contributed by atoms with E-state index in [0.29, 0.717) is 0 Å². The number of unbranched alkanes of at least 4 members (excludes halogenated alkanes) is 1. The third-order valence-corrected chi connectivity index (χ3v) is 2.39. The zero-order valence-corrected chi connectivity index (χ0v) is 9.01. The van der Waals surface area contributed by atoms with Crippen molar-refractivity contribution in [2.24, 2.45) is 0 Å². The molecule has 0 aliphatic carbocycles. The maximum absolute atomic E-state index is 10.3. The van der Waals surface area contributed by atoms with Gasteiger partial charge in [0, 0.05) is 0 Å². The van der Waals surface area contributed by atoms with Crippen LogP contribution in [0.2, 0.25) is 0 Å². The quantitative estimate of drug-likeness (QED) is 0.646. The Bertz CT molecular complexity index is 210. The van der Waals surface area contributed by atoms with Crippen molar-refractivity contribution in [3.05, 3.63) is 0 Å². The van der Waals surface area contributed by atoms with Crippen LogP contribution in [0.25, 0.3) is 0 Å². The SMILES string of the molecule is CCCCC(C)OCCS(=O)(=O)O. The molecule has 0 aromatic heterocycles. The Morgan fingerprint density at radius 1 is 1.46 bits per heavy atom. The lowest BCUT2D eigenvalue weighted by Gasteiger charge is -2.11. The molecule has 0 fully saturated rings. The van der Waals surface area contributed by atoms with Crippen molar-refractivity contribution < 1.29 is 17.7 Å². The summed E-state index contributed by atoms with van der Waals surface area (Å²) in [5.41, 5.74) is 0. The minimum absolute atomic E-state index is 0.0710. The Kier molecular flexibility index (Phi) is 6.28. The Morgan fingerprint density at radius 2 is 2.08 bits per heavy atom. The molecule has 5 heteroatoms. The van der Waals surface area contributed by atoms with Crippen LogP contribution in [0.3, 0.4) is 0 Å². The standard InChI is InChI=1S/C8H18O4S/c1-3-4-5-8(2)12-6-7-13(9,10)11/h8H,3-7H2,1-2H3,(H,9,10,11). The molecule has 1 unspecified atom stereocenters. The second-order valence-electron chi connectivity index (χ2n) is 3.11. The summed E-state index contributed by atoms with van der Waals surface area (Å²) in [5, 5.41) is 0. The van der Waals surface area contributed by atoms with Crippen LogP contribution in [0, 0.1) is 0 Å². The van der Waals surface area contributed by atoms with E-state index in [1.807, 2.05) is 6.92 Å². The minimum atomic E-state index is -3.87. The van der Waals surface area contributed by atoms with Crippen LogP contribution in [-0.4, -0.2) is 31.4 Å². The smallest absolute Gasteiger partial charge is 0.267 e. The van der Waals surface area contributed by atoms with Crippen molar-refractivity contribution in [1.82, 2.24) is 0 Å². The maximum Gasteiger partial charge on any atom is 0.267 e. The van der Waals surface area contributed by atoms with Crippen molar-refractivity contribution in [1.29, 1.82) is 0 Å². The van der Waals surface area contributed by atoms with Crippen LogP contribution in [0.4, 0.5) is 0 Å². The largest absolute Gasteiger partial charge is 0.377 e. The first-order chi connectivity index (χ1) is 5.95. The summed E-state index contributed by atoms with van der Waals surface area (Å²) in [6.07, 6.45) is 3.18. The zero-order valence-electron chi connectivity index (χ0n) is 8.19. The fourth-order valence-corrected chi connectivity index (χ4v) is 1.24. The molecule has 0 aliphatic heterocycles. The zero-order chi connectivity index (χ0) is 10.3. The van der Waals surface area contributed by atoms with E-state index < -0.39 is 10.1 Å². The van der Waals surface area contributed by atoms with Crippen LogP contribution < -0.4 is 0 Å². The molecule has 0 amide bonds. The number of hydrogen-bond donors (Lipinski definition) is 1. The lowest BCUT2D eigenvalue weighted by Crippen LogP contribution is -2.16. The van der Waals surface area contributed by atoms with Crippen LogP contribution >= 0.6 is 0 Å². The van der Waals surface area contributed by atoms with Gasteiger partial charge >= 0.3 is 0 Å². The first-order valence-corrected chi connectivity index (χ1v) is 6.13. The van der Waals surface area contributed by atoms with Crippen LogP contribution in [0.1, 0.15) is 33.1 Å². The van der Waals surface area contributed by atoms with Gasteiger partial charge in [-0.1, -0.05) is 19.8 Å². The van der Waals surface area contributed by atoms with E-state index in [0.717, 1.165) is 19.3 Å². The fraction of sp³-hybridized carbons (Fsp3) is 1.00. The van der Waals surface area contributed by atoms with Crippen molar-refractivity contribution in [2.45, 2.75) is 39.2 Å². The molecule has 13 heavy (non-hydrogen) atoms. The summed E-state index contributed by atoms with van der Waals surface area (Å²) in [6.45, 7) is 4.06. The van der Waals surface area contributed by atoms with E-state index in [2.05, 4.69) is 6.92 Å². The maximum atomic E-state index is 10.3. The van der Waals surface area contributed by atoms with E-state index in [9.17, 15) is 8.42 Å². The molecule has 0 aromatic carbocycles. The molecule has 4 nitrogen and oxygen atoms in total. The highest BCUT2D eigenvalue weighted by Gasteiger charge is 2.06. The van der Waals surface area contributed by atoms with Gasteiger partial charge in [-0.15, -0.1) is 0 Å². The predicted molar refractivity (Wildman–Crippen MR) is 51.4 cm³/mol. The van der Waals surface area contributed by atoms with E-state index in [4.69, 9.17) is 9.29 Å². The molecule has 0 bridgehead atoms. The van der Waals surface area contributed by atoms with E-state index in [-0.39, 0.29) is 18.5 Å². The number of ether oxygens (including phenoxy) is 1. The van der Waals surface area contributed by atoms with Gasteiger partial charge in [0.2, 0.25) is 0 Å². The molecule has 0 rings (SSSR count). The molecular formula is C8H18O4S. The summed E-state index contributed by atoms with van der Waals surface area (Å²) in [5.74, 6) is -0.316. The van der Waals surface area contributed by atoms with Crippen LogP contribution in [0.15, 0.2) is 0 Å². The molecule has 1 atom stereocenters. The van der Waals surface area contributed by atoms with Gasteiger partial charge in [-0.05, 0) is 13.3 Å². The third-order valence-electron chi connectivity index (χ3n) is 1.71. The predicted octanol–water partition coefficient (Wildman–Crippen LogP) is 1.47. The summed E-state index contributed by atoms with van der Waals surface area (Å²) >= 11 is 0. The van der Waals surface area contributed by atoms with E-state index >= 15 is 0 Å². The van der Waals surface area contributed by atoms with Crippen molar-refractivity contribution in [3.63, 3.8) is 0 Å². The third kappa shape index (κ3) is 9.79. The molecule has 0 radical (unpaired) electrons. The fourth-order valence-electron chi connectivity index (χ4n) is 0.930.